The smallest absolute Gasteiger partial charge is 0.336 e. The molecule has 1 heterocycles. The molecule has 2 atom stereocenters. The summed E-state index contributed by atoms with van der Waals surface area (Å²) in [6.45, 7) is 1.83. The van der Waals surface area contributed by atoms with Gasteiger partial charge in [0.15, 0.2) is 17.3 Å². The van der Waals surface area contributed by atoms with E-state index in [1.165, 1.54) is 7.11 Å². The third kappa shape index (κ3) is 3.91. The summed E-state index contributed by atoms with van der Waals surface area (Å²) in [5.74, 6) is 0.554. The molecule has 0 fully saturated rings. The minimum atomic E-state index is -0.639. The topological polar surface area (TPSA) is 83.1 Å². The van der Waals surface area contributed by atoms with Crippen molar-refractivity contribution in [1.82, 2.24) is 5.32 Å². The Balaban J connectivity index is 1.88. The molecule has 0 bridgehead atoms. The minimum Gasteiger partial charge on any atom is -0.496 e. The first kappa shape index (κ1) is 23.4. The summed E-state index contributed by atoms with van der Waals surface area (Å²) in [6.07, 6.45) is 0.910. The van der Waals surface area contributed by atoms with Gasteiger partial charge in [-0.15, -0.1) is 0 Å². The van der Waals surface area contributed by atoms with E-state index < -0.39 is 11.9 Å². The molecule has 1 aliphatic heterocycles. The van der Waals surface area contributed by atoms with Gasteiger partial charge in [0, 0.05) is 34.9 Å². The molecule has 1 aliphatic carbocycles. The molecule has 7 heteroatoms. The second-order valence-corrected chi connectivity index (χ2v) is 8.33. The van der Waals surface area contributed by atoms with E-state index in [1.807, 2.05) is 43.3 Å². The second kappa shape index (κ2) is 9.63. The number of dihydropyridines is 1. The molecule has 0 saturated carbocycles. The number of ketones is 1. The monoisotopic (exact) mass is 463 g/mol. The first-order valence-corrected chi connectivity index (χ1v) is 11.1. The van der Waals surface area contributed by atoms with Crippen molar-refractivity contribution in [1.29, 1.82) is 0 Å². The Morgan fingerprint density at radius 1 is 0.882 bits per heavy atom. The van der Waals surface area contributed by atoms with Crippen LogP contribution < -0.4 is 19.5 Å². The number of allylic oxidation sites excluding steroid dienone is 3. The van der Waals surface area contributed by atoms with Gasteiger partial charge in [-0.1, -0.05) is 30.3 Å². The Kier molecular flexibility index (Phi) is 6.63. The summed E-state index contributed by atoms with van der Waals surface area (Å²) in [5, 5.41) is 3.34. The van der Waals surface area contributed by atoms with Crippen LogP contribution >= 0.6 is 0 Å². The standard InChI is InChI=1S/C27H29NO6/c1-15-23(27(30)34-5)24(18-10-8-12-22(32-3)26(18)33-4)25-19(28-15)13-16(14-20(25)29)17-9-6-7-11-21(17)31-2/h6-12,16,24,28H,13-14H2,1-5H3/t16-,24-/m1/s1. The number of esters is 1. The lowest BCUT2D eigenvalue weighted by Gasteiger charge is -2.37. The maximum Gasteiger partial charge on any atom is 0.336 e. The summed E-state index contributed by atoms with van der Waals surface area (Å²) in [7, 11) is 6.08. The van der Waals surface area contributed by atoms with E-state index in [4.69, 9.17) is 18.9 Å². The van der Waals surface area contributed by atoms with E-state index in [-0.39, 0.29) is 11.7 Å². The summed E-state index contributed by atoms with van der Waals surface area (Å²) >= 11 is 0. The highest BCUT2D eigenvalue weighted by molar-refractivity contribution is 6.04. The Morgan fingerprint density at radius 2 is 1.56 bits per heavy atom. The van der Waals surface area contributed by atoms with E-state index in [0.29, 0.717) is 46.7 Å². The Labute approximate surface area is 199 Å². The molecule has 2 aliphatic rings. The number of hydrogen-bond acceptors (Lipinski definition) is 7. The molecule has 1 N–H and O–H groups in total. The van der Waals surface area contributed by atoms with Crippen molar-refractivity contribution in [2.75, 3.05) is 28.4 Å². The predicted octanol–water partition coefficient (Wildman–Crippen LogP) is 4.25. The average molecular weight is 464 g/mol. The van der Waals surface area contributed by atoms with Crippen LogP contribution in [0.5, 0.6) is 17.2 Å². The Hall–Kier alpha value is -3.74. The van der Waals surface area contributed by atoms with E-state index in [2.05, 4.69) is 5.32 Å². The van der Waals surface area contributed by atoms with E-state index in [1.54, 1.807) is 27.4 Å². The lowest BCUT2D eigenvalue weighted by Crippen LogP contribution is -2.36. The summed E-state index contributed by atoms with van der Waals surface area (Å²) < 4.78 is 21.8. The van der Waals surface area contributed by atoms with E-state index in [9.17, 15) is 9.59 Å². The summed E-state index contributed by atoms with van der Waals surface area (Å²) in [5.41, 5.74) is 4.06. The molecule has 0 unspecified atom stereocenters. The SMILES string of the molecule is COC(=O)C1=C(C)NC2=C(C(=O)C[C@H](c3ccccc3OC)C2)[C@@H]1c1cccc(OC)c1OC. The molecule has 34 heavy (non-hydrogen) atoms. The van der Waals surface area contributed by atoms with Gasteiger partial charge in [0.05, 0.1) is 39.9 Å². The normalized spacial score (nSPS) is 19.9. The fourth-order valence-corrected chi connectivity index (χ4v) is 5.09. The van der Waals surface area contributed by atoms with Crippen molar-refractivity contribution in [3.8, 4) is 17.2 Å². The van der Waals surface area contributed by atoms with Crippen molar-refractivity contribution in [2.45, 2.75) is 31.6 Å². The fourth-order valence-electron chi connectivity index (χ4n) is 5.09. The summed E-state index contributed by atoms with van der Waals surface area (Å²) in [4.78, 5) is 26.7. The van der Waals surface area contributed by atoms with Gasteiger partial charge in [0.25, 0.3) is 0 Å². The van der Waals surface area contributed by atoms with Crippen LogP contribution in [0.15, 0.2) is 65.0 Å². The number of nitrogens with one attached hydrogen (secondary N) is 1. The number of ether oxygens (including phenoxy) is 4. The van der Waals surface area contributed by atoms with Crippen LogP contribution in [0.1, 0.15) is 42.7 Å². The molecule has 0 amide bonds. The molecule has 0 spiro atoms. The fraction of sp³-hybridized carbons (Fsp3) is 0.333. The van der Waals surface area contributed by atoms with Crippen LogP contribution in [0, 0.1) is 0 Å². The minimum absolute atomic E-state index is 0.0339. The number of para-hydroxylation sites is 2. The number of carbonyl (C=O) groups is 2. The van der Waals surface area contributed by atoms with Gasteiger partial charge < -0.3 is 24.3 Å². The van der Waals surface area contributed by atoms with Crippen molar-refractivity contribution in [3.63, 3.8) is 0 Å². The first-order valence-electron chi connectivity index (χ1n) is 11.1. The van der Waals surface area contributed by atoms with Crippen molar-refractivity contribution >= 4 is 11.8 Å². The van der Waals surface area contributed by atoms with Crippen LogP contribution in [-0.4, -0.2) is 40.2 Å². The average Bonchev–Trinajstić information content (AvgIpc) is 2.86. The zero-order valence-corrected chi connectivity index (χ0v) is 20.1. The van der Waals surface area contributed by atoms with Crippen LogP contribution in [-0.2, 0) is 14.3 Å². The van der Waals surface area contributed by atoms with Gasteiger partial charge >= 0.3 is 5.97 Å². The molecule has 178 valence electrons. The van der Waals surface area contributed by atoms with Crippen molar-refractivity contribution in [2.24, 2.45) is 0 Å². The molecular weight excluding hydrogens is 434 g/mol. The molecule has 7 nitrogen and oxygen atoms in total. The quantitative estimate of drug-likeness (QED) is 0.642. The molecule has 2 aromatic rings. The number of methoxy groups -OCH3 is 4. The molecule has 0 aromatic heterocycles. The lowest BCUT2D eigenvalue weighted by molar-refractivity contribution is -0.136. The van der Waals surface area contributed by atoms with Gasteiger partial charge in [-0.05, 0) is 31.0 Å². The van der Waals surface area contributed by atoms with Crippen LogP contribution in [0.3, 0.4) is 0 Å². The highest BCUT2D eigenvalue weighted by atomic mass is 16.5. The van der Waals surface area contributed by atoms with Crippen LogP contribution in [0.25, 0.3) is 0 Å². The van der Waals surface area contributed by atoms with Crippen molar-refractivity contribution in [3.05, 3.63) is 76.1 Å². The van der Waals surface area contributed by atoms with Gasteiger partial charge in [-0.25, -0.2) is 4.79 Å². The zero-order chi connectivity index (χ0) is 24.4. The molecular formula is C27H29NO6. The maximum absolute atomic E-state index is 13.7. The lowest BCUT2D eigenvalue weighted by atomic mass is 9.71. The van der Waals surface area contributed by atoms with Gasteiger partial charge in [0.1, 0.15) is 5.75 Å². The Morgan fingerprint density at radius 3 is 2.24 bits per heavy atom. The molecule has 4 rings (SSSR count). The summed E-state index contributed by atoms with van der Waals surface area (Å²) in [6, 6.07) is 13.2. The third-order valence-electron chi connectivity index (χ3n) is 6.56. The second-order valence-electron chi connectivity index (χ2n) is 8.33. The highest BCUT2D eigenvalue weighted by Crippen LogP contribution is 2.49. The third-order valence-corrected chi connectivity index (χ3v) is 6.56. The largest absolute Gasteiger partial charge is 0.496 e. The number of carbonyl (C=O) groups excluding carboxylic acids is 2. The van der Waals surface area contributed by atoms with Gasteiger partial charge in [-0.3, -0.25) is 4.79 Å². The highest BCUT2D eigenvalue weighted by Gasteiger charge is 2.43. The van der Waals surface area contributed by atoms with Gasteiger partial charge in [-0.2, -0.15) is 0 Å². The maximum atomic E-state index is 13.7. The zero-order valence-electron chi connectivity index (χ0n) is 20.1. The number of hydrogen-bond donors (Lipinski definition) is 1. The van der Waals surface area contributed by atoms with Crippen molar-refractivity contribution < 1.29 is 28.5 Å². The predicted molar refractivity (Wildman–Crippen MR) is 127 cm³/mol. The first-order chi connectivity index (χ1) is 16.4. The molecule has 2 aromatic carbocycles. The number of benzene rings is 2. The van der Waals surface area contributed by atoms with Gasteiger partial charge in [0.2, 0.25) is 0 Å². The van der Waals surface area contributed by atoms with Crippen LogP contribution in [0.4, 0.5) is 0 Å². The number of Topliss-reactive ketones (excluding diaryl/α,β-unsaturated/α-hetero) is 1. The molecule has 0 saturated heterocycles. The Bertz CT molecular complexity index is 1200. The van der Waals surface area contributed by atoms with Crippen LogP contribution in [0.2, 0.25) is 0 Å². The van der Waals surface area contributed by atoms with E-state index >= 15 is 0 Å². The number of rotatable bonds is 6. The van der Waals surface area contributed by atoms with E-state index in [0.717, 1.165) is 17.0 Å². The molecule has 0 radical (unpaired) electrons.